The van der Waals surface area contributed by atoms with Crippen LogP contribution in [0.5, 0.6) is 0 Å². The van der Waals surface area contributed by atoms with Crippen LogP contribution in [-0.2, 0) is 11.2 Å². The number of carbonyl (C=O) groups is 1. The monoisotopic (exact) mass is 261 g/mol. The highest BCUT2D eigenvalue weighted by Crippen LogP contribution is 2.09. The van der Waals surface area contributed by atoms with Gasteiger partial charge >= 0.3 is 0 Å². The average Bonchev–Trinajstić information content (AvgIpc) is 2.92. The Bertz CT molecular complexity index is 484. The van der Waals surface area contributed by atoms with Crippen molar-refractivity contribution >= 4 is 17.2 Å². The second-order valence-electron chi connectivity index (χ2n) is 3.91. The van der Waals surface area contributed by atoms with Crippen LogP contribution >= 0.6 is 11.3 Å². The van der Waals surface area contributed by atoms with Gasteiger partial charge in [-0.1, -0.05) is 30.3 Å². The number of rotatable bonds is 5. The van der Waals surface area contributed by atoms with Crippen LogP contribution in [0.25, 0.3) is 0 Å². The third-order valence-electron chi connectivity index (χ3n) is 2.60. The molecule has 2 aromatic rings. The van der Waals surface area contributed by atoms with E-state index in [0.29, 0.717) is 6.54 Å². The molecule has 0 aliphatic heterocycles. The Morgan fingerprint density at radius 3 is 2.83 bits per heavy atom. The van der Waals surface area contributed by atoms with Crippen molar-refractivity contribution in [2.24, 2.45) is 5.73 Å². The summed E-state index contributed by atoms with van der Waals surface area (Å²) >= 11 is 1.55. The molecule has 1 atom stereocenters. The molecular weight excluding hydrogens is 246 g/mol. The van der Waals surface area contributed by atoms with E-state index < -0.39 is 6.04 Å². The SMILES string of the molecule is NC(C(=O)NCCc1cscn1)c1ccccc1. The van der Waals surface area contributed by atoms with E-state index in [2.05, 4.69) is 10.3 Å². The predicted octanol–water partition coefficient (Wildman–Crippen LogP) is 1.50. The van der Waals surface area contributed by atoms with E-state index in [0.717, 1.165) is 17.7 Å². The number of thiazole rings is 1. The molecule has 0 bridgehead atoms. The lowest BCUT2D eigenvalue weighted by Gasteiger charge is -2.11. The van der Waals surface area contributed by atoms with Crippen molar-refractivity contribution in [3.63, 3.8) is 0 Å². The summed E-state index contributed by atoms with van der Waals surface area (Å²) in [6, 6.07) is 8.74. The molecule has 3 N–H and O–H groups in total. The van der Waals surface area contributed by atoms with Crippen molar-refractivity contribution in [2.45, 2.75) is 12.5 Å². The highest BCUT2D eigenvalue weighted by Gasteiger charge is 2.14. The normalized spacial score (nSPS) is 12.1. The number of nitrogens with two attached hydrogens (primary N) is 1. The summed E-state index contributed by atoms with van der Waals surface area (Å²) in [5, 5.41) is 4.80. The number of nitrogens with zero attached hydrogens (tertiary/aromatic N) is 1. The second-order valence-corrected chi connectivity index (χ2v) is 4.63. The maximum Gasteiger partial charge on any atom is 0.241 e. The van der Waals surface area contributed by atoms with Gasteiger partial charge in [0.25, 0.3) is 0 Å². The molecule has 1 unspecified atom stereocenters. The van der Waals surface area contributed by atoms with Crippen molar-refractivity contribution in [2.75, 3.05) is 6.54 Å². The third-order valence-corrected chi connectivity index (χ3v) is 3.24. The summed E-state index contributed by atoms with van der Waals surface area (Å²) in [7, 11) is 0. The molecule has 0 aliphatic carbocycles. The minimum atomic E-state index is -0.610. The molecule has 0 saturated heterocycles. The largest absolute Gasteiger partial charge is 0.354 e. The summed E-state index contributed by atoms with van der Waals surface area (Å²) in [6.07, 6.45) is 0.733. The van der Waals surface area contributed by atoms with Gasteiger partial charge in [0.1, 0.15) is 6.04 Å². The summed E-state index contributed by atoms with van der Waals surface area (Å²) in [4.78, 5) is 16.0. The average molecular weight is 261 g/mol. The van der Waals surface area contributed by atoms with Crippen molar-refractivity contribution in [1.82, 2.24) is 10.3 Å². The van der Waals surface area contributed by atoms with Crippen LogP contribution < -0.4 is 11.1 Å². The van der Waals surface area contributed by atoms with Gasteiger partial charge in [-0.15, -0.1) is 11.3 Å². The maximum atomic E-state index is 11.8. The van der Waals surface area contributed by atoms with E-state index in [9.17, 15) is 4.79 Å². The topological polar surface area (TPSA) is 68.0 Å². The number of hydrogen-bond acceptors (Lipinski definition) is 4. The van der Waals surface area contributed by atoms with Crippen LogP contribution in [0.1, 0.15) is 17.3 Å². The van der Waals surface area contributed by atoms with Crippen LogP contribution in [0.4, 0.5) is 0 Å². The van der Waals surface area contributed by atoms with E-state index in [-0.39, 0.29) is 5.91 Å². The fourth-order valence-corrected chi connectivity index (χ4v) is 2.19. The first-order valence-electron chi connectivity index (χ1n) is 5.72. The fraction of sp³-hybridized carbons (Fsp3) is 0.231. The Kier molecular flexibility index (Phi) is 4.44. The maximum absolute atomic E-state index is 11.8. The van der Waals surface area contributed by atoms with Gasteiger partial charge in [-0.2, -0.15) is 0 Å². The molecule has 1 aromatic carbocycles. The Hall–Kier alpha value is -1.72. The number of nitrogens with one attached hydrogen (secondary N) is 1. The lowest BCUT2D eigenvalue weighted by atomic mass is 10.1. The van der Waals surface area contributed by atoms with Gasteiger partial charge in [0.2, 0.25) is 5.91 Å². The van der Waals surface area contributed by atoms with Crippen molar-refractivity contribution in [3.05, 3.63) is 52.5 Å². The lowest BCUT2D eigenvalue weighted by Crippen LogP contribution is -2.35. The number of aromatic nitrogens is 1. The van der Waals surface area contributed by atoms with Gasteiger partial charge in [0.05, 0.1) is 11.2 Å². The number of amides is 1. The van der Waals surface area contributed by atoms with Crippen LogP contribution in [0.2, 0.25) is 0 Å². The van der Waals surface area contributed by atoms with Crippen molar-refractivity contribution in [1.29, 1.82) is 0 Å². The van der Waals surface area contributed by atoms with Gasteiger partial charge in [-0.05, 0) is 5.56 Å². The zero-order valence-electron chi connectivity index (χ0n) is 9.87. The summed E-state index contributed by atoms with van der Waals surface area (Å²) in [6.45, 7) is 0.559. The Balaban J connectivity index is 1.81. The number of carbonyl (C=O) groups excluding carboxylic acids is 1. The molecule has 94 valence electrons. The van der Waals surface area contributed by atoms with Crippen LogP contribution in [-0.4, -0.2) is 17.4 Å². The van der Waals surface area contributed by atoms with Gasteiger partial charge in [-0.25, -0.2) is 4.98 Å². The highest BCUT2D eigenvalue weighted by molar-refractivity contribution is 7.07. The molecule has 0 fully saturated rings. The molecule has 1 aromatic heterocycles. The molecule has 0 aliphatic rings. The first kappa shape index (κ1) is 12.7. The summed E-state index contributed by atoms with van der Waals surface area (Å²) < 4.78 is 0. The Labute approximate surface area is 110 Å². The van der Waals surface area contributed by atoms with E-state index >= 15 is 0 Å². The van der Waals surface area contributed by atoms with Crippen LogP contribution in [0.15, 0.2) is 41.2 Å². The minimum absolute atomic E-state index is 0.156. The Morgan fingerprint density at radius 2 is 2.17 bits per heavy atom. The molecule has 2 rings (SSSR count). The Morgan fingerprint density at radius 1 is 1.39 bits per heavy atom. The molecule has 1 heterocycles. The first-order valence-corrected chi connectivity index (χ1v) is 6.67. The van der Waals surface area contributed by atoms with Crippen molar-refractivity contribution in [3.8, 4) is 0 Å². The zero-order chi connectivity index (χ0) is 12.8. The molecule has 1 amide bonds. The van der Waals surface area contributed by atoms with E-state index in [1.807, 2.05) is 35.7 Å². The van der Waals surface area contributed by atoms with Gasteiger partial charge in [-0.3, -0.25) is 4.79 Å². The molecular formula is C13H15N3OS. The summed E-state index contributed by atoms with van der Waals surface area (Å²) in [5.41, 5.74) is 9.47. The van der Waals surface area contributed by atoms with Crippen LogP contribution in [0.3, 0.4) is 0 Å². The predicted molar refractivity (Wildman–Crippen MR) is 72.2 cm³/mol. The molecule has 0 spiro atoms. The van der Waals surface area contributed by atoms with E-state index in [4.69, 9.17) is 5.73 Å². The second kappa shape index (κ2) is 6.28. The minimum Gasteiger partial charge on any atom is -0.354 e. The molecule has 0 saturated carbocycles. The highest BCUT2D eigenvalue weighted by atomic mass is 32.1. The lowest BCUT2D eigenvalue weighted by molar-refractivity contribution is -0.122. The fourth-order valence-electron chi connectivity index (χ4n) is 1.60. The smallest absolute Gasteiger partial charge is 0.241 e. The quantitative estimate of drug-likeness (QED) is 0.857. The third kappa shape index (κ3) is 3.38. The van der Waals surface area contributed by atoms with Gasteiger partial charge in [0.15, 0.2) is 0 Å². The molecule has 4 nitrogen and oxygen atoms in total. The number of benzene rings is 1. The van der Waals surface area contributed by atoms with E-state index in [1.54, 1.807) is 16.8 Å². The van der Waals surface area contributed by atoms with Crippen LogP contribution in [0, 0.1) is 0 Å². The zero-order valence-corrected chi connectivity index (χ0v) is 10.7. The molecule has 0 radical (unpaired) electrons. The standard InChI is InChI=1S/C13H15N3OS/c14-12(10-4-2-1-3-5-10)13(17)15-7-6-11-8-18-9-16-11/h1-5,8-9,12H,6-7,14H2,(H,15,17). The summed E-state index contributed by atoms with van der Waals surface area (Å²) in [5.74, 6) is -0.156. The van der Waals surface area contributed by atoms with Gasteiger partial charge in [0, 0.05) is 18.3 Å². The van der Waals surface area contributed by atoms with Gasteiger partial charge < -0.3 is 11.1 Å². The van der Waals surface area contributed by atoms with Crippen molar-refractivity contribution < 1.29 is 4.79 Å². The first-order chi connectivity index (χ1) is 8.77. The number of hydrogen-bond donors (Lipinski definition) is 2. The molecule has 5 heteroatoms. The van der Waals surface area contributed by atoms with E-state index in [1.165, 1.54) is 0 Å². The molecule has 18 heavy (non-hydrogen) atoms.